The summed E-state index contributed by atoms with van der Waals surface area (Å²) in [6.45, 7) is 5.90. The number of esters is 1. The van der Waals surface area contributed by atoms with Crippen LogP contribution in [-0.4, -0.2) is 96.8 Å². The Balaban J connectivity index is 3.00. The minimum Gasteiger partial charge on any atom is -0.467 e. The minimum atomic E-state index is -0.393. The number of carbonyl (C=O) groups is 1. The highest BCUT2D eigenvalue weighted by atomic mass is 127. The van der Waals surface area contributed by atoms with Crippen molar-refractivity contribution in [1.82, 2.24) is 0 Å². The molecule has 8 nitrogen and oxygen atoms in total. The van der Waals surface area contributed by atoms with E-state index in [9.17, 15) is 4.79 Å². The molecular weight excluding hydrogens is 483 g/mol. The molecule has 0 atom stereocenters. The SMILES string of the molecule is COC(=O)COCCOCCOCCOCCOCCOCCCCCCI. The van der Waals surface area contributed by atoms with Crippen LogP contribution in [0.5, 0.6) is 0 Å². The van der Waals surface area contributed by atoms with Crippen LogP contribution in [-0.2, 0) is 38.0 Å². The molecule has 168 valence electrons. The maximum Gasteiger partial charge on any atom is 0.331 e. The number of methoxy groups -OCH3 is 1. The number of hydrogen-bond acceptors (Lipinski definition) is 8. The first-order chi connectivity index (χ1) is 13.8. The molecule has 0 fully saturated rings. The lowest BCUT2D eigenvalue weighted by Gasteiger charge is -2.08. The summed E-state index contributed by atoms with van der Waals surface area (Å²) < 4.78 is 37.8. The number of carbonyl (C=O) groups excluding carboxylic acids is 1. The first-order valence-electron chi connectivity index (χ1n) is 9.90. The van der Waals surface area contributed by atoms with Crippen molar-refractivity contribution in [1.29, 1.82) is 0 Å². The fourth-order valence-electron chi connectivity index (χ4n) is 1.97. The lowest BCUT2D eigenvalue weighted by Crippen LogP contribution is -2.15. The topological polar surface area (TPSA) is 81.7 Å². The van der Waals surface area contributed by atoms with Crippen LogP contribution in [0.4, 0.5) is 0 Å². The number of ether oxygens (including phenoxy) is 7. The molecule has 0 unspecified atom stereocenters. The monoisotopic (exact) mass is 520 g/mol. The molecule has 28 heavy (non-hydrogen) atoms. The van der Waals surface area contributed by atoms with E-state index in [4.69, 9.17) is 28.4 Å². The fourth-order valence-corrected chi connectivity index (χ4v) is 2.51. The van der Waals surface area contributed by atoms with Gasteiger partial charge in [0.15, 0.2) is 0 Å². The molecular formula is C19H37IO8. The predicted octanol–water partition coefficient (Wildman–Crippen LogP) is 2.25. The molecule has 0 aromatic carbocycles. The number of rotatable bonds is 23. The molecule has 0 saturated heterocycles. The van der Waals surface area contributed by atoms with E-state index >= 15 is 0 Å². The maximum absolute atomic E-state index is 10.8. The Hall–Kier alpha value is -0.0400. The molecule has 0 rings (SSSR count). The van der Waals surface area contributed by atoms with Gasteiger partial charge >= 0.3 is 5.97 Å². The van der Waals surface area contributed by atoms with Gasteiger partial charge < -0.3 is 33.2 Å². The van der Waals surface area contributed by atoms with Crippen LogP contribution in [0.1, 0.15) is 25.7 Å². The Bertz CT molecular complexity index is 320. The first kappa shape index (κ1) is 28.0. The zero-order valence-corrected chi connectivity index (χ0v) is 19.3. The van der Waals surface area contributed by atoms with E-state index in [1.807, 2.05) is 0 Å². The van der Waals surface area contributed by atoms with Gasteiger partial charge in [0.05, 0.1) is 73.2 Å². The van der Waals surface area contributed by atoms with E-state index in [0.29, 0.717) is 66.1 Å². The number of halogens is 1. The van der Waals surface area contributed by atoms with Gasteiger partial charge in [-0.1, -0.05) is 35.4 Å². The van der Waals surface area contributed by atoms with Crippen molar-refractivity contribution in [2.45, 2.75) is 25.7 Å². The quantitative estimate of drug-likeness (QED) is 0.0879. The second-order valence-electron chi connectivity index (χ2n) is 5.79. The molecule has 0 aliphatic heterocycles. The largest absolute Gasteiger partial charge is 0.467 e. The average Bonchev–Trinajstić information content (AvgIpc) is 2.71. The van der Waals surface area contributed by atoms with E-state index in [1.54, 1.807) is 0 Å². The van der Waals surface area contributed by atoms with Crippen molar-refractivity contribution in [2.24, 2.45) is 0 Å². The lowest BCUT2D eigenvalue weighted by atomic mass is 10.2. The third-order valence-electron chi connectivity index (χ3n) is 3.48. The second-order valence-corrected chi connectivity index (χ2v) is 6.87. The molecule has 0 aliphatic rings. The molecule has 0 heterocycles. The van der Waals surface area contributed by atoms with Crippen LogP contribution in [0.15, 0.2) is 0 Å². The van der Waals surface area contributed by atoms with Crippen LogP contribution in [0, 0.1) is 0 Å². The number of alkyl halides is 1. The summed E-state index contributed by atoms with van der Waals surface area (Å²) in [7, 11) is 1.32. The van der Waals surface area contributed by atoms with E-state index in [-0.39, 0.29) is 6.61 Å². The summed E-state index contributed by atoms with van der Waals surface area (Å²) in [6.07, 6.45) is 4.98. The first-order valence-corrected chi connectivity index (χ1v) is 11.4. The van der Waals surface area contributed by atoms with Gasteiger partial charge in [0.2, 0.25) is 0 Å². The molecule has 0 aromatic heterocycles. The number of hydrogen-bond donors (Lipinski definition) is 0. The highest BCUT2D eigenvalue weighted by Crippen LogP contribution is 2.02. The highest BCUT2D eigenvalue weighted by molar-refractivity contribution is 14.1. The van der Waals surface area contributed by atoms with E-state index in [2.05, 4.69) is 27.3 Å². The van der Waals surface area contributed by atoms with Gasteiger partial charge in [0.25, 0.3) is 0 Å². The van der Waals surface area contributed by atoms with Crippen LogP contribution < -0.4 is 0 Å². The van der Waals surface area contributed by atoms with Crippen LogP contribution in [0.3, 0.4) is 0 Å². The van der Waals surface area contributed by atoms with E-state index < -0.39 is 5.97 Å². The summed E-state index contributed by atoms with van der Waals surface area (Å²) in [6, 6.07) is 0. The molecule has 0 spiro atoms. The predicted molar refractivity (Wildman–Crippen MR) is 114 cm³/mol. The Morgan fingerprint density at radius 3 is 1.39 bits per heavy atom. The molecule has 9 heteroatoms. The van der Waals surface area contributed by atoms with Crippen LogP contribution in [0.2, 0.25) is 0 Å². The van der Waals surface area contributed by atoms with Crippen LogP contribution >= 0.6 is 22.6 Å². The van der Waals surface area contributed by atoms with E-state index in [1.165, 1.54) is 30.8 Å². The smallest absolute Gasteiger partial charge is 0.331 e. The molecule has 0 bridgehead atoms. The van der Waals surface area contributed by atoms with Gasteiger partial charge in [-0.25, -0.2) is 4.79 Å². The highest BCUT2D eigenvalue weighted by Gasteiger charge is 1.99. The number of unbranched alkanes of at least 4 members (excludes halogenated alkanes) is 3. The third kappa shape index (κ3) is 24.0. The van der Waals surface area contributed by atoms with Crippen molar-refractivity contribution in [3.8, 4) is 0 Å². The van der Waals surface area contributed by atoms with Crippen molar-refractivity contribution in [2.75, 3.05) is 90.8 Å². The molecule has 0 saturated carbocycles. The van der Waals surface area contributed by atoms with E-state index in [0.717, 1.165) is 13.0 Å². The zero-order valence-electron chi connectivity index (χ0n) is 17.2. The Morgan fingerprint density at radius 1 is 0.571 bits per heavy atom. The maximum atomic E-state index is 10.8. The minimum absolute atomic E-state index is 0.0522. The molecule has 0 amide bonds. The Morgan fingerprint density at radius 2 is 0.964 bits per heavy atom. The van der Waals surface area contributed by atoms with Gasteiger partial charge in [-0.2, -0.15) is 0 Å². The summed E-state index contributed by atoms with van der Waals surface area (Å²) in [5.74, 6) is -0.393. The average molecular weight is 520 g/mol. The van der Waals surface area contributed by atoms with Gasteiger partial charge in [0, 0.05) is 6.61 Å². The fraction of sp³-hybridized carbons (Fsp3) is 0.947. The summed E-state index contributed by atoms with van der Waals surface area (Å²) in [5.41, 5.74) is 0. The van der Waals surface area contributed by atoms with Gasteiger partial charge in [-0.05, 0) is 17.3 Å². The molecule has 0 aliphatic carbocycles. The van der Waals surface area contributed by atoms with Crippen LogP contribution in [0.25, 0.3) is 0 Å². The summed E-state index contributed by atoms with van der Waals surface area (Å²) in [5, 5.41) is 0. The van der Waals surface area contributed by atoms with Gasteiger partial charge in [0.1, 0.15) is 6.61 Å². The molecule has 0 radical (unpaired) electrons. The summed E-state index contributed by atoms with van der Waals surface area (Å²) in [4.78, 5) is 10.8. The van der Waals surface area contributed by atoms with Gasteiger partial charge in [-0.3, -0.25) is 0 Å². The Labute approximate surface area is 183 Å². The molecule has 0 N–H and O–H groups in total. The van der Waals surface area contributed by atoms with Crippen molar-refractivity contribution in [3.63, 3.8) is 0 Å². The van der Waals surface area contributed by atoms with Crippen molar-refractivity contribution >= 4 is 28.6 Å². The normalized spacial score (nSPS) is 11.1. The third-order valence-corrected chi connectivity index (χ3v) is 4.24. The van der Waals surface area contributed by atoms with Gasteiger partial charge in [-0.15, -0.1) is 0 Å². The standard InChI is InChI=1S/C19H37IO8/c1-22-19(21)18-28-17-16-27-15-14-26-13-12-25-11-10-24-9-8-23-7-5-3-2-4-6-20/h2-18H2,1H3. The summed E-state index contributed by atoms with van der Waals surface area (Å²) >= 11 is 2.41. The zero-order chi connectivity index (χ0) is 20.5. The second kappa shape index (κ2) is 25.0. The molecule has 0 aromatic rings. The Kier molecular flexibility index (Phi) is 25.0. The van der Waals surface area contributed by atoms with Crippen molar-refractivity contribution in [3.05, 3.63) is 0 Å². The van der Waals surface area contributed by atoms with Crippen molar-refractivity contribution < 1.29 is 38.0 Å². The lowest BCUT2D eigenvalue weighted by molar-refractivity contribution is -0.146.